The van der Waals surface area contributed by atoms with Gasteiger partial charge in [-0.15, -0.1) is 0 Å². The van der Waals surface area contributed by atoms with Crippen molar-refractivity contribution in [2.75, 3.05) is 26.2 Å². The maximum absolute atomic E-state index is 13.8. The third kappa shape index (κ3) is 4.34. The van der Waals surface area contributed by atoms with Crippen molar-refractivity contribution < 1.29 is 14.3 Å². The van der Waals surface area contributed by atoms with Crippen LogP contribution in [0.15, 0.2) is 18.2 Å². The third-order valence-corrected chi connectivity index (χ3v) is 2.79. The average Bonchev–Trinajstić information content (AvgIpc) is 2.47. The zero-order chi connectivity index (χ0) is 15.0. The van der Waals surface area contributed by atoms with Crippen molar-refractivity contribution in [1.82, 2.24) is 4.90 Å². The largest absolute Gasteiger partial charge is 0.396 e. The number of carbonyl (C=O) groups excluding carboxylic acids is 1. The number of nitrogens with two attached hydrogens (primary N) is 1. The number of nitrogens with zero attached hydrogens (tertiary/aromatic N) is 1. The van der Waals surface area contributed by atoms with E-state index in [4.69, 9.17) is 10.8 Å². The first kappa shape index (κ1) is 16.2. The number of hydrogen-bond acceptors (Lipinski definition) is 3. The van der Waals surface area contributed by atoms with Crippen LogP contribution in [-0.2, 0) is 0 Å². The van der Waals surface area contributed by atoms with Gasteiger partial charge in [0.1, 0.15) is 5.82 Å². The molecule has 0 spiro atoms. The normalized spacial score (nSPS) is 9.80. The van der Waals surface area contributed by atoms with Crippen LogP contribution in [0.4, 0.5) is 4.39 Å². The molecule has 0 heterocycles. The van der Waals surface area contributed by atoms with Gasteiger partial charge < -0.3 is 15.7 Å². The molecule has 0 atom stereocenters. The lowest BCUT2D eigenvalue weighted by Gasteiger charge is -2.20. The molecule has 0 unspecified atom stereocenters. The molecule has 0 saturated heterocycles. The summed E-state index contributed by atoms with van der Waals surface area (Å²) >= 11 is 0. The molecule has 0 fully saturated rings. The summed E-state index contributed by atoms with van der Waals surface area (Å²) in [5, 5.41) is 8.82. The molecule has 3 N–H and O–H groups in total. The summed E-state index contributed by atoms with van der Waals surface area (Å²) in [6.45, 7) is 2.86. The van der Waals surface area contributed by atoms with E-state index in [-0.39, 0.29) is 18.7 Å². The first-order valence-electron chi connectivity index (χ1n) is 6.52. The Kier molecular flexibility index (Phi) is 6.71. The Bertz CT molecular complexity index is 520. The van der Waals surface area contributed by atoms with Crippen molar-refractivity contribution >= 4 is 5.91 Å². The Labute approximate surface area is 118 Å². The molecule has 4 nitrogen and oxygen atoms in total. The molecule has 5 heteroatoms. The molecular formula is C15H19FN2O2. The second-order valence-electron chi connectivity index (χ2n) is 4.16. The van der Waals surface area contributed by atoms with Crippen LogP contribution < -0.4 is 5.73 Å². The van der Waals surface area contributed by atoms with Crippen LogP contribution in [0.25, 0.3) is 0 Å². The summed E-state index contributed by atoms with van der Waals surface area (Å²) in [6, 6.07) is 4.17. The van der Waals surface area contributed by atoms with Crippen LogP contribution in [-0.4, -0.2) is 42.2 Å². The maximum Gasteiger partial charge on any atom is 0.256 e. The molecule has 0 radical (unpaired) electrons. The number of aliphatic hydroxyl groups is 1. The minimum Gasteiger partial charge on any atom is -0.396 e. The number of hydrogen-bond donors (Lipinski definition) is 2. The summed E-state index contributed by atoms with van der Waals surface area (Å²) in [4.78, 5) is 13.8. The molecule has 108 valence electrons. The molecule has 20 heavy (non-hydrogen) atoms. The molecule has 0 saturated carbocycles. The van der Waals surface area contributed by atoms with E-state index in [0.29, 0.717) is 25.1 Å². The number of amides is 1. The van der Waals surface area contributed by atoms with E-state index >= 15 is 0 Å². The fourth-order valence-corrected chi connectivity index (χ4v) is 1.76. The van der Waals surface area contributed by atoms with Crippen molar-refractivity contribution in [3.05, 3.63) is 35.1 Å². The quantitative estimate of drug-likeness (QED) is 0.789. The smallest absolute Gasteiger partial charge is 0.256 e. The Morgan fingerprint density at radius 3 is 2.85 bits per heavy atom. The number of rotatable bonds is 5. The topological polar surface area (TPSA) is 66.6 Å². The van der Waals surface area contributed by atoms with Crippen molar-refractivity contribution in [3.8, 4) is 11.8 Å². The molecule has 0 aliphatic carbocycles. The summed E-state index contributed by atoms with van der Waals surface area (Å²) in [7, 11) is 0. The van der Waals surface area contributed by atoms with Crippen molar-refractivity contribution in [1.29, 1.82) is 0 Å². The zero-order valence-electron chi connectivity index (χ0n) is 11.5. The predicted molar refractivity (Wildman–Crippen MR) is 75.6 cm³/mol. The highest BCUT2D eigenvalue weighted by Gasteiger charge is 2.18. The molecule has 0 aliphatic heterocycles. The van der Waals surface area contributed by atoms with Gasteiger partial charge in [-0.25, -0.2) is 4.39 Å². The molecule has 0 aromatic heterocycles. The van der Waals surface area contributed by atoms with Gasteiger partial charge in [0, 0.05) is 25.3 Å². The van der Waals surface area contributed by atoms with Crippen LogP contribution in [0.1, 0.15) is 29.3 Å². The number of halogens is 1. The lowest BCUT2D eigenvalue weighted by atomic mass is 10.1. The van der Waals surface area contributed by atoms with Gasteiger partial charge in [0.25, 0.3) is 5.91 Å². The second kappa shape index (κ2) is 8.31. The Balaban J connectivity index is 3.00. The van der Waals surface area contributed by atoms with Crippen LogP contribution in [0.2, 0.25) is 0 Å². The molecule has 0 bridgehead atoms. The molecule has 0 aliphatic rings. The van der Waals surface area contributed by atoms with Gasteiger partial charge in [0.05, 0.1) is 12.1 Å². The van der Waals surface area contributed by atoms with Crippen LogP contribution >= 0.6 is 0 Å². The monoisotopic (exact) mass is 278 g/mol. The van der Waals surface area contributed by atoms with Crippen LogP contribution in [0, 0.1) is 17.7 Å². The van der Waals surface area contributed by atoms with Gasteiger partial charge in [-0.3, -0.25) is 4.79 Å². The molecule has 1 aromatic rings. The summed E-state index contributed by atoms with van der Waals surface area (Å²) < 4.78 is 13.8. The van der Waals surface area contributed by atoms with Crippen molar-refractivity contribution in [3.63, 3.8) is 0 Å². The maximum atomic E-state index is 13.8. The fourth-order valence-electron chi connectivity index (χ4n) is 1.76. The van der Waals surface area contributed by atoms with E-state index in [9.17, 15) is 9.18 Å². The molecule has 1 aromatic carbocycles. The second-order valence-corrected chi connectivity index (χ2v) is 4.16. The van der Waals surface area contributed by atoms with Gasteiger partial charge in [0.2, 0.25) is 0 Å². The highest BCUT2D eigenvalue weighted by atomic mass is 19.1. The predicted octanol–water partition coefficient (Wildman–Crippen LogP) is 0.980. The fraction of sp³-hybridized carbons (Fsp3) is 0.400. The van der Waals surface area contributed by atoms with Crippen molar-refractivity contribution in [2.24, 2.45) is 5.73 Å². The SMILES string of the molecule is CCN(CCCO)C(=O)c1cc(C#CCN)ccc1F. The first-order chi connectivity index (χ1) is 9.63. The lowest BCUT2D eigenvalue weighted by Crippen LogP contribution is -2.32. The molecular weight excluding hydrogens is 259 g/mol. The van der Waals surface area contributed by atoms with Gasteiger partial charge in [-0.1, -0.05) is 11.8 Å². The standard InChI is InChI=1S/C15H19FN2O2/c1-2-18(9-4-10-19)15(20)13-11-12(5-3-8-17)6-7-14(13)16/h6-7,11,19H,2,4,8-10,17H2,1H3. The van der Waals surface area contributed by atoms with Gasteiger partial charge in [-0.2, -0.15) is 0 Å². The van der Waals surface area contributed by atoms with Crippen LogP contribution in [0.3, 0.4) is 0 Å². The minimum atomic E-state index is -0.573. The van der Waals surface area contributed by atoms with E-state index in [1.54, 1.807) is 0 Å². The molecule has 1 rings (SSSR count). The van der Waals surface area contributed by atoms with Gasteiger partial charge in [0.15, 0.2) is 0 Å². The highest BCUT2D eigenvalue weighted by Crippen LogP contribution is 2.13. The Morgan fingerprint density at radius 2 is 2.25 bits per heavy atom. The van der Waals surface area contributed by atoms with E-state index in [1.165, 1.54) is 23.1 Å². The van der Waals surface area contributed by atoms with E-state index in [2.05, 4.69) is 11.8 Å². The van der Waals surface area contributed by atoms with E-state index < -0.39 is 11.7 Å². The summed E-state index contributed by atoms with van der Waals surface area (Å²) in [5.74, 6) is 4.47. The zero-order valence-corrected chi connectivity index (χ0v) is 11.5. The van der Waals surface area contributed by atoms with Gasteiger partial charge >= 0.3 is 0 Å². The van der Waals surface area contributed by atoms with E-state index in [1.807, 2.05) is 6.92 Å². The minimum absolute atomic E-state index is 0.00568. The summed E-state index contributed by atoms with van der Waals surface area (Å²) in [6.07, 6.45) is 0.466. The Hall–Kier alpha value is -1.90. The van der Waals surface area contributed by atoms with E-state index in [0.717, 1.165) is 0 Å². The summed E-state index contributed by atoms with van der Waals surface area (Å²) in [5.41, 5.74) is 5.83. The average molecular weight is 278 g/mol. The number of carbonyl (C=O) groups is 1. The number of aliphatic hydroxyl groups excluding tert-OH is 1. The lowest BCUT2D eigenvalue weighted by molar-refractivity contribution is 0.0749. The van der Waals surface area contributed by atoms with Crippen molar-refractivity contribution in [2.45, 2.75) is 13.3 Å². The third-order valence-electron chi connectivity index (χ3n) is 2.79. The molecule has 1 amide bonds. The first-order valence-corrected chi connectivity index (χ1v) is 6.52. The highest BCUT2D eigenvalue weighted by molar-refractivity contribution is 5.94. The Morgan fingerprint density at radius 1 is 1.50 bits per heavy atom. The van der Waals surface area contributed by atoms with Crippen LogP contribution in [0.5, 0.6) is 0 Å². The number of benzene rings is 1. The van der Waals surface area contributed by atoms with Gasteiger partial charge in [-0.05, 0) is 31.5 Å².